The van der Waals surface area contributed by atoms with E-state index in [-0.39, 0.29) is 13.2 Å². The number of imidazole rings is 1. The quantitative estimate of drug-likeness (QED) is 0.915. The Labute approximate surface area is 121 Å². The third kappa shape index (κ3) is 2.20. The second-order valence-electron chi connectivity index (χ2n) is 5.59. The molecule has 2 heterocycles. The zero-order chi connectivity index (χ0) is 14.4. The highest BCUT2D eigenvalue weighted by Crippen LogP contribution is 2.43. The van der Waals surface area contributed by atoms with Gasteiger partial charge in [0.15, 0.2) is 11.5 Å². The summed E-state index contributed by atoms with van der Waals surface area (Å²) in [5, 5.41) is 8.81. The van der Waals surface area contributed by atoms with E-state index in [9.17, 15) is 4.79 Å². The Morgan fingerprint density at radius 2 is 2.10 bits per heavy atom. The second-order valence-corrected chi connectivity index (χ2v) is 5.59. The average molecular weight is 288 g/mol. The van der Waals surface area contributed by atoms with Gasteiger partial charge in [0.1, 0.15) is 5.82 Å². The van der Waals surface area contributed by atoms with Gasteiger partial charge in [0.2, 0.25) is 6.79 Å². The number of aryl methyl sites for hydroxylation is 1. The molecule has 6 heteroatoms. The van der Waals surface area contributed by atoms with Crippen molar-refractivity contribution >= 4 is 17.0 Å². The maximum absolute atomic E-state index is 10.7. The van der Waals surface area contributed by atoms with E-state index in [2.05, 4.69) is 4.57 Å². The monoisotopic (exact) mass is 288 g/mol. The van der Waals surface area contributed by atoms with E-state index < -0.39 is 5.97 Å². The Balaban J connectivity index is 1.74. The summed E-state index contributed by atoms with van der Waals surface area (Å²) in [5.74, 6) is 2.30. The van der Waals surface area contributed by atoms with Gasteiger partial charge in [-0.15, -0.1) is 0 Å². The fourth-order valence-electron chi connectivity index (χ4n) is 2.81. The van der Waals surface area contributed by atoms with Crippen LogP contribution in [0, 0.1) is 0 Å². The average Bonchev–Trinajstić information content (AvgIpc) is 3.10. The molecule has 1 aliphatic heterocycles. The fourth-order valence-corrected chi connectivity index (χ4v) is 2.81. The summed E-state index contributed by atoms with van der Waals surface area (Å²) < 4.78 is 13.0. The molecular weight excluding hydrogens is 272 g/mol. The number of benzene rings is 1. The van der Waals surface area contributed by atoms with E-state index in [1.54, 1.807) is 0 Å². The van der Waals surface area contributed by atoms with Crippen molar-refractivity contribution < 1.29 is 19.4 Å². The van der Waals surface area contributed by atoms with Crippen LogP contribution in [-0.4, -0.2) is 27.4 Å². The molecule has 1 aromatic heterocycles. The Bertz CT molecular complexity index is 718. The van der Waals surface area contributed by atoms with E-state index in [0.717, 1.165) is 41.2 Å². The van der Waals surface area contributed by atoms with Gasteiger partial charge < -0.3 is 19.1 Å². The van der Waals surface area contributed by atoms with E-state index in [1.807, 2.05) is 12.1 Å². The van der Waals surface area contributed by atoms with Crippen molar-refractivity contribution in [2.24, 2.45) is 0 Å². The molecule has 2 aromatic rings. The van der Waals surface area contributed by atoms with Gasteiger partial charge in [-0.05, 0) is 19.3 Å². The molecule has 21 heavy (non-hydrogen) atoms. The fraction of sp³-hybridized carbons (Fsp3) is 0.467. The number of hydrogen-bond donors (Lipinski definition) is 1. The molecule has 1 saturated carbocycles. The van der Waals surface area contributed by atoms with Crippen molar-refractivity contribution in [2.45, 2.75) is 38.1 Å². The van der Waals surface area contributed by atoms with Crippen LogP contribution in [0.1, 0.15) is 37.4 Å². The minimum Gasteiger partial charge on any atom is -0.481 e. The van der Waals surface area contributed by atoms with Crippen LogP contribution in [0.25, 0.3) is 11.0 Å². The molecule has 1 aliphatic carbocycles. The molecule has 0 saturated heterocycles. The van der Waals surface area contributed by atoms with Crippen molar-refractivity contribution in [1.29, 1.82) is 0 Å². The Morgan fingerprint density at radius 1 is 1.33 bits per heavy atom. The molecule has 0 bridgehead atoms. The number of aromatic nitrogens is 2. The first-order chi connectivity index (χ1) is 10.2. The first-order valence-corrected chi connectivity index (χ1v) is 7.24. The van der Waals surface area contributed by atoms with Crippen LogP contribution in [-0.2, 0) is 11.3 Å². The van der Waals surface area contributed by atoms with Gasteiger partial charge in [0, 0.05) is 31.0 Å². The zero-order valence-electron chi connectivity index (χ0n) is 11.5. The Kier molecular flexibility index (Phi) is 2.77. The summed E-state index contributed by atoms with van der Waals surface area (Å²) >= 11 is 0. The highest BCUT2D eigenvalue weighted by atomic mass is 16.7. The molecule has 1 aromatic carbocycles. The summed E-state index contributed by atoms with van der Waals surface area (Å²) in [4.78, 5) is 15.4. The SMILES string of the molecule is O=C(O)CCCn1c(C2CC2)nc2cc3c(cc21)OCO3. The lowest BCUT2D eigenvalue weighted by molar-refractivity contribution is -0.137. The van der Waals surface area contributed by atoms with E-state index in [0.29, 0.717) is 18.9 Å². The number of carboxylic acids is 1. The first-order valence-electron chi connectivity index (χ1n) is 7.24. The van der Waals surface area contributed by atoms with E-state index >= 15 is 0 Å². The number of hydrogen-bond acceptors (Lipinski definition) is 4. The molecule has 0 spiro atoms. The number of fused-ring (bicyclic) bond motifs is 2. The smallest absolute Gasteiger partial charge is 0.303 e. The molecule has 1 N–H and O–H groups in total. The van der Waals surface area contributed by atoms with Crippen LogP contribution in [0.15, 0.2) is 12.1 Å². The van der Waals surface area contributed by atoms with Crippen molar-refractivity contribution in [2.75, 3.05) is 6.79 Å². The number of carboxylic acid groups (broad SMARTS) is 1. The normalized spacial score (nSPS) is 16.6. The van der Waals surface area contributed by atoms with Crippen LogP contribution < -0.4 is 9.47 Å². The van der Waals surface area contributed by atoms with Crippen molar-refractivity contribution in [3.63, 3.8) is 0 Å². The lowest BCUT2D eigenvalue weighted by atomic mass is 10.2. The van der Waals surface area contributed by atoms with Gasteiger partial charge in [-0.25, -0.2) is 4.98 Å². The number of nitrogens with zero attached hydrogens (tertiary/aromatic N) is 2. The minimum absolute atomic E-state index is 0.175. The number of ether oxygens (including phenoxy) is 2. The summed E-state index contributed by atoms with van der Waals surface area (Å²) in [6.07, 6.45) is 3.10. The van der Waals surface area contributed by atoms with Gasteiger partial charge in [-0.3, -0.25) is 4.79 Å². The Morgan fingerprint density at radius 3 is 2.81 bits per heavy atom. The molecular formula is C15H16N2O4. The molecule has 6 nitrogen and oxygen atoms in total. The van der Waals surface area contributed by atoms with Crippen LogP contribution in [0.2, 0.25) is 0 Å². The number of aliphatic carboxylic acids is 1. The summed E-state index contributed by atoms with van der Waals surface area (Å²) in [6.45, 7) is 0.921. The van der Waals surface area contributed by atoms with E-state index in [1.165, 1.54) is 0 Å². The van der Waals surface area contributed by atoms with Gasteiger partial charge in [0.05, 0.1) is 11.0 Å². The maximum Gasteiger partial charge on any atom is 0.303 e. The molecule has 4 rings (SSSR count). The summed E-state index contributed by atoms with van der Waals surface area (Å²) in [7, 11) is 0. The van der Waals surface area contributed by atoms with Crippen LogP contribution in [0.5, 0.6) is 11.5 Å². The Hall–Kier alpha value is -2.24. The van der Waals surface area contributed by atoms with Gasteiger partial charge in [-0.2, -0.15) is 0 Å². The molecule has 0 radical (unpaired) electrons. The van der Waals surface area contributed by atoms with Crippen LogP contribution >= 0.6 is 0 Å². The lowest BCUT2D eigenvalue weighted by Crippen LogP contribution is -2.05. The first kappa shape index (κ1) is 12.5. The number of carbonyl (C=O) groups is 1. The third-order valence-corrected chi connectivity index (χ3v) is 3.99. The molecule has 110 valence electrons. The predicted molar refractivity (Wildman–Crippen MR) is 74.7 cm³/mol. The van der Waals surface area contributed by atoms with Crippen LogP contribution in [0.4, 0.5) is 0 Å². The minimum atomic E-state index is -0.759. The summed E-state index contributed by atoms with van der Waals surface area (Å²) in [6, 6.07) is 3.87. The molecule has 2 aliphatic rings. The predicted octanol–water partition coefficient (Wildman–Crippen LogP) is 2.51. The molecule has 0 unspecified atom stereocenters. The summed E-state index contributed by atoms with van der Waals surface area (Å²) in [5.41, 5.74) is 1.91. The number of rotatable bonds is 5. The zero-order valence-corrected chi connectivity index (χ0v) is 11.5. The van der Waals surface area contributed by atoms with Gasteiger partial charge >= 0.3 is 5.97 Å². The van der Waals surface area contributed by atoms with Crippen molar-refractivity contribution in [1.82, 2.24) is 9.55 Å². The third-order valence-electron chi connectivity index (χ3n) is 3.99. The highest BCUT2D eigenvalue weighted by molar-refractivity contribution is 5.81. The second kappa shape index (κ2) is 4.65. The molecule has 0 atom stereocenters. The van der Waals surface area contributed by atoms with Crippen molar-refractivity contribution in [3.05, 3.63) is 18.0 Å². The lowest BCUT2D eigenvalue weighted by Gasteiger charge is -2.08. The highest BCUT2D eigenvalue weighted by Gasteiger charge is 2.30. The van der Waals surface area contributed by atoms with Crippen molar-refractivity contribution in [3.8, 4) is 11.5 Å². The van der Waals surface area contributed by atoms with Gasteiger partial charge in [-0.1, -0.05) is 0 Å². The van der Waals surface area contributed by atoms with Crippen LogP contribution in [0.3, 0.4) is 0 Å². The van der Waals surface area contributed by atoms with E-state index in [4.69, 9.17) is 19.6 Å². The topological polar surface area (TPSA) is 73.6 Å². The maximum atomic E-state index is 10.7. The van der Waals surface area contributed by atoms with Gasteiger partial charge in [0.25, 0.3) is 0 Å². The standard InChI is InChI=1S/C15H16N2O4/c18-14(19)2-1-5-17-11-7-13-12(20-8-21-13)6-10(11)16-15(17)9-3-4-9/h6-7,9H,1-5,8H2,(H,18,19). The molecule has 0 amide bonds. The largest absolute Gasteiger partial charge is 0.481 e. The molecule has 1 fully saturated rings.